The zero-order valence-electron chi connectivity index (χ0n) is 15.9. The van der Waals surface area contributed by atoms with E-state index in [1.165, 1.54) is 41.7 Å². The lowest BCUT2D eigenvalue weighted by atomic mass is 10.1. The molecule has 3 rings (SSSR count). The highest BCUT2D eigenvalue weighted by atomic mass is 32.2. The Hall–Kier alpha value is -2.89. The molecule has 1 amide bonds. The number of benzene rings is 2. The van der Waals surface area contributed by atoms with E-state index in [4.69, 9.17) is 0 Å². The van der Waals surface area contributed by atoms with Crippen LogP contribution >= 0.6 is 11.3 Å². The van der Waals surface area contributed by atoms with Gasteiger partial charge in [-0.1, -0.05) is 24.3 Å². The van der Waals surface area contributed by atoms with Gasteiger partial charge < -0.3 is 0 Å². The van der Waals surface area contributed by atoms with Crippen LogP contribution < -0.4 is 5.32 Å². The van der Waals surface area contributed by atoms with Crippen LogP contribution in [0.15, 0.2) is 41.3 Å². The summed E-state index contributed by atoms with van der Waals surface area (Å²) in [5, 5.41) is 13.9. The lowest BCUT2D eigenvalue weighted by molar-refractivity contribution is -0.385. The van der Waals surface area contributed by atoms with Gasteiger partial charge in [0.2, 0.25) is 10.0 Å². The quantitative estimate of drug-likeness (QED) is 0.468. The van der Waals surface area contributed by atoms with Crippen LogP contribution in [0.25, 0.3) is 10.2 Å². The average Bonchev–Trinajstić information content (AvgIpc) is 3.08. The van der Waals surface area contributed by atoms with Crippen molar-refractivity contribution in [1.29, 1.82) is 0 Å². The van der Waals surface area contributed by atoms with Crippen LogP contribution in [0.5, 0.6) is 0 Å². The van der Waals surface area contributed by atoms with Crippen molar-refractivity contribution >= 4 is 48.3 Å². The molecule has 3 aromatic rings. The first-order valence-electron chi connectivity index (χ1n) is 8.56. The molecule has 0 spiro atoms. The van der Waals surface area contributed by atoms with Gasteiger partial charge in [0.15, 0.2) is 5.13 Å². The molecule has 0 unspecified atom stereocenters. The third-order valence-corrected chi connectivity index (χ3v) is 7.26. The van der Waals surface area contributed by atoms with Gasteiger partial charge in [-0.25, -0.2) is 17.7 Å². The minimum Gasteiger partial charge on any atom is -0.298 e. The lowest BCUT2D eigenvalue weighted by Crippen LogP contribution is -2.26. The Bertz CT molecular complexity index is 1220. The standard InChI is InChI=1S/C18H18N4O5S2/c1-4-21(3)29(26,27)13-7-8-14-16(10-13)28-18(19-14)20-17(23)12-6-5-11(2)15(9-12)22(24)25/h5-10H,4H2,1-3H3,(H,19,20,23). The van der Waals surface area contributed by atoms with Crippen LogP contribution in [0, 0.1) is 17.0 Å². The maximum absolute atomic E-state index is 12.5. The summed E-state index contributed by atoms with van der Waals surface area (Å²) < 4.78 is 26.8. The number of aryl methyl sites for hydroxylation is 1. The molecule has 0 saturated carbocycles. The fourth-order valence-electron chi connectivity index (χ4n) is 2.59. The molecule has 11 heteroatoms. The second kappa shape index (κ2) is 7.85. The summed E-state index contributed by atoms with van der Waals surface area (Å²) in [5.74, 6) is -0.536. The molecule has 0 bridgehead atoms. The summed E-state index contributed by atoms with van der Waals surface area (Å²) in [6, 6.07) is 8.78. The number of aromatic nitrogens is 1. The number of nitrogens with zero attached hydrogens (tertiary/aromatic N) is 3. The maximum Gasteiger partial charge on any atom is 0.273 e. The van der Waals surface area contributed by atoms with Crippen LogP contribution in [-0.2, 0) is 10.0 Å². The number of thiazole rings is 1. The molecular weight excluding hydrogens is 416 g/mol. The van der Waals surface area contributed by atoms with Gasteiger partial charge in [0.05, 0.1) is 20.0 Å². The van der Waals surface area contributed by atoms with Crippen LogP contribution in [0.2, 0.25) is 0 Å². The molecule has 152 valence electrons. The van der Waals surface area contributed by atoms with E-state index in [2.05, 4.69) is 10.3 Å². The molecule has 1 aromatic heterocycles. The first kappa shape index (κ1) is 20.8. The second-order valence-electron chi connectivity index (χ2n) is 6.28. The Balaban J connectivity index is 1.89. The van der Waals surface area contributed by atoms with Gasteiger partial charge in [-0.05, 0) is 31.2 Å². The number of amides is 1. The number of nitro groups is 1. The fraction of sp³-hybridized carbons (Fsp3) is 0.222. The average molecular weight is 434 g/mol. The SMILES string of the molecule is CCN(C)S(=O)(=O)c1ccc2nc(NC(=O)c3ccc(C)c([N+](=O)[O-])c3)sc2c1. The Morgan fingerprint density at radius 3 is 2.66 bits per heavy atom. The van der Waals surface area contributed by atoms with Gasteiger partial charge in [0, 0.05) is 30.8 Å². The summed E-state index contributed by atoms with van der Waals surface area (Å²) in [5.41, 5.74) is 0.988. The van der Waals surface area contributed by atoms with Gasteiger partial charge in [-0.15, -0.1) is 0 Å². The molecule has 1 N–H and O–H groups in total. The van der Waals surface area contributed by atoms with E-state index in [-0.39, 0.29) is 21.3 Å². The van der Waals surface area contributed by atoms with Crippen molar-refractivity contribution in [2.75, 3.05) is 18.9 Å². The van der Waals surface area contributed by atoms with Gasteiger partial charge in [-0.3, -0.25) is 20.2 Å². The predicted octanol–water partition coefficient (Wildman–Crippen LogP) is 3.41. The van der Waals surface area contributed by atoms with Crippen molar-refractivity contribution in [3.63, 3.8) is 0 Å². The van der Waals surface area contributed by atoms with E-state index in [0.717, 1.165) is 11.3 Å². The number of nitro benzene ring substituents is 1. The van der Waals surface area contributed by atoms with Gasteiger partial charge in [0.25, 0.3) is 11.6 Å². The summed E-state index contributed by atoms with van der Waals surface area (Å²) in [4.78, 5) is 27.4. The van der Waals surface area contributed by atoms with Crippen molar-refractivity contribution in [3.8, 4) is 0 Å². The Morgan fingerprint density at radius 2 is 2.00 bits per heavy atom. The number of hydrogen-bond donors (Lipinski definition) is 1. The van der Waals surface area contributed by atoms with E-state index < -0.39 is 20.9 Å². The molecule has 0 atom stereocenters. The number of nitrogens with one attached hydrogen (secondary N) is 1. The Labute approximate surface area is 171 Å². The molecular formula is C18H18N4O5S2. The molecule has 0 aliphatic rings. The second-order valence-corrected chi connectivity index (χ2v) is 9.36. The van der Waals surface area contributed by atoms with E-state index in [1.807, 2.05) is 0 Å². The molecule has 0 aliphatic heterocycles. The number of carbonyl (C=O) groups excluding carboxylic acids is 1. The Morgan fingerprint density at radius 1 is 1.28 bits per heavy atom. The number of carbonyl (C=O) groups is 1. The number of rotatable bonds is 6. The highest BCUT2D eigenvalue weighted by Crippen LogP contribution is 2.29. The summed E-state index contributed by atoms with van der Waals surface area (Å²) in [6.07, 6.45) is 0. The summed E-state index contributed by atoms with van der Waals surface area (Å²) >= 11 is 1.12. The topological polar surface area (TPSA) is 123 Å². The van der Waals surface area contributed by atoms with Gasteiger partial charge >= 0.3 is 0 Å². The molecule has 0 saturated heterocycles. The van der Waals surface area contributed by atoms with Gasteiger partial charge in [0.1, 0.15) is 0 Å². The summed E-state index contributed by atoms with van der Waals surface area (Å²) in [6.45, 7) is 3.67. The smallest absolute Gasteiger partial charge is 0.273 e. The number of anilines is 1. The number of fused-ring (bicyclic) bond motifs is 1. The van der Waals surface area contributed by atoms with Crippen LogP contribution in [-0.4, -0.2) is 42.1 Å². The molecule has 0 fully saturated rings. The highest BCUT2D eigenvalue weighted by Gasteiger charge is 2.21. The van der Waals surface area contributed by atoms with Crippen molar-refractivity contribution < 1.29 is 18.1 Å². The summed E-state index contributed by atoms with van der Waals surface area (Å²) in [7, 11) is -2.09. The Kier molecular flexibility index (Phi) is 5.64. The first-order chi connectivity index (χ1) is 13.6. The first-order valence-corrected chi connectivity index (χ1v) is 10.8. The van der Waals surface area contributed by atoms with Crippen LogP contribution in [0.4, 0.5) is 10.8 Å². The third kappa shape index (κ3) is 4.11. The van der Waals surface area contributed by atoms with Gasteiger partial charge in [-0.2, -0.15) is 0 Å². The molecule has 2 aromatic carbocycles. The van der Waals surface area contributed by atoms with E-state index in [1.54, 1.807) is 19.9 Å². The zero-order valence-corrected chi connectivity index (χ0v) is 17.5. The van der Waals surface area contributed by atoms with E-state index in [0.29, 0.717) is 22.3 Å². The number of sulfonamides is 1. The molecule has 0 aliphatic carbocycles. The lowest BCUT2D eigenvalue weighted by Gasteiger charge is -2.14. The van der Waals surface area contributed by atoms with Crippen molar-refractivity contribution in [3.05, 3.63) is 57.6 Å². The maximum atomic E-state index is 12.5. The third-order valence-electron chi connectivity index (χ3n) is 4.40. The fourth-order valence-corrected chi connectivity index (χ4v) is 4.77. The van der Waals surface area contributed by atoms with Crippen molar-refractivity contribution in [2.24, 2.45) is 0 Å². The molecule has 0 radical (unpaired) electrons. The van der Waals surface area contributed by atoms with E-state index >= 15 is 0 Å². The molecule has 1 heterocycles. The zero-order chi connectivity index (χ0) is 21.3. The largest absolute Gasteiger partial charge is 0.298 e. The van der Waals surface area contributed by atoms with E-state index in [9.17, 15) is 23.3 Å². The minimum absolute atomic E-state index is 0.134. The normalized spacial score (nSPS) is 11.7. The monoisotopic (exact) mass is 434 g/mol. The van der Waals surface area contributed by atoms with Crippen molar-refractivity contribution in [1.82, 2.24) is 9.29 Å². The number of hydrogen-bond acceptors (Lipinski definition) is 7. The van der Waals surface area contributed by atoms with Crippen LogP contribution in [0.1, 0.15) is 22.8 Å². The highest BCUT2D eigenvalue weighted by molar-refractivity contribution is 7.89. The predicted molar refractivity (Wildman–Crippen MR) is 111 cm³/mol. The van der Waals surface area contributed by atoms with Crippen molar-refractivity contribution in [2.45, 2.75) is 18.7 Å². The molecule has 29 heavy (non-hydrogen) atoms. The minimum atomic E-state index is -3.59. The van der Waals surface area contributed by atoms with Crippen LogP contribution in [0.3, 0.4) is 0 Å². The molecule has 9 nitrogen and oxygen atoms in total.